The molecule has 1 aromatic carbocycles. The van der Waals surface area contributed by atoms with Crippen molar-refractivity contribution in [1.29, 1.82) is 0 Å². The van der Waals surface area contributed by atoms with Crippen LogP contribution in [0.2, 0.25) is 0 Å². The maximum atomic E-state index is 6.08. The number of aromatic nitrogens is 3. The van der Waals surface area contributed by atoms with Crippen molar-refractivity contribution in [2.24, 2.45) is 11.7 Å². The first-order valence-electron chi connectivity index (χ1n) is 6.94. The van der Waals surface area contributed by atoms with Crippen LogP contribution >= 0.6 is 0 Å². The molecule has 100 valence electrons. The molecule has 2 unspecified atom stereocenters. The van der Waals surface area contributed by atoms with Gasteiger partial charge in [0, 0.05) is 18.9 Å². The van der Waals surface area contributed by atoms with Crippen molar-refractivity contribution in [3.8, 4) is 0 Å². The molecule has 0 radical (unpaired) electrons. The van der Waals surface area contributed by atoms with Gasteiger partial charge in [-0.15, -0.1) is 0 Å². The third-order valence-corrected chi connectivity index (χ3v) is 3.89. The Kier molecular flexibility index (Phi) is 3.34. The van der Waals surface area contributed by atoms with Crippen LogP contribution in [-0.4, -0.2) is 20.8 Å². The molecule has 4 heteroatoms. The quantitative estimate of drug-likeness (QED) is 0.907. The highest BCUT2D eigenvalue weighted by atomic mass is 15.4. The lowest BCUT2D eigenvalue weighted by Crippen LogP contribution is -2.39. The van der Waals surface area contributed by atoms with E-state index in [0.29, 0.717) is 5.92 Å². The minimum absolute atomic E-state index is 0.205. The van der Waals surface area contributed by atoms with Crippen molar-refractivity contribution >= 4 is 0 Å². The molecule has 1 aliphatic heterocycles. The highest BCUT2D eigenvalue weighted by molar-refractivity contribution is 5.15. The van der Waals surface area contributed by atoms with E-state index in [-0.39, 0.29) is 6.04 Å². The Morgan fingerprint density at radius 3 is 2.84 bits per heavy atom. The molecule has 0 aliphatic carbocycles. The Morgan fingerprint density at radius 1 is 1.26 bits per heavy atom. The van der Waals surface area contributed by atoms with E-state index >= 15 is 0 Å². The third-order valence-electron chi connectivity index (χ3n) is 3.89. The zero-order valence-electron chi connectivity index (χ0n) is 11.3. The predicted molar refractivity (Wildman–Crippen MR) is 74.7 cm³/mol. The third kappa shape index (κ3) is 2.68. The van der Waals surface area contributed by atoms with Gasteiger partial charge in [-0.1, -0.05) is 37.3 Å². The molecule has 0 saturated heterocycles. The van der Waals surface area contributed by atoms with E-state index < -0.39 is 0 Å². The van der Waals surface area contributed by atoms with E-state index in [1.165, 1.54) is 5.56 Å². The summed E-state index contributed by atoms with van der Waals surface area (Å²) in [6.45, 7) is 2.99. The minimum atomic E-state index is 0.205. The normalized spacial score (nSPS) is 22.2. The summed E-state index contributed by atoms with van der Waals surface area (Å²) in [7, 11) is 0. The van der Waals surface area contributed by atoms with Gasteiger partial charge in [0.1, 0.15) is 5.82 Å². The minimum Gasteiger partial charge on any atom is -0.326 e. The van der Waals surface area contributed by atoms with Crippen molar-refractivity contribution < 1.29 is 0 Å². The fraction of sp³-hybridized carbons (Fsp3) is 0.467. The van der Waals surface area contributed by atoms with E-state index in [2.05, 4.69) is 41.3 Å². The van der Waals surface area contributed by atoms with Crippen LogP contribution in [0.4, 0.5) is 0 Å². The molecule has 2 aromatic rings. The first-order chi connectivity index (χ1) is 9.22. The highest BCUT2D eigenvalue weighted by Gasteiger charge is 2.24. The number of nitrogens with zero attached hydrogens (tertiary/aromatic N) is 3. The molecule has 19 heavy (non-hydrogen) atoms. The van der Waals surface area contributed by atoms with Gasteiger partial charge in [0.05, 0.1) is 6.54 Å². The van der Waals surface area contributed by atoms with Gasteiger partial charge in [-0.25, -0.2) is 9.67 Å². The Balaban J connectivity index is 1.69. The first-order valence-corrected chi connectivity index (χ1v) is 6.94. The van der Waals surface area contributed by atoms with Crippen molar-refractivity contribution in [1.82, 2.24) is 14.8 Å². The van der Waals surface area contributed by atoms with Crippen LogP contribution < -0.4 is 5.73 Å². The molecule has 0 saturated carbocycles. The second kappa shape index (κ2) is 5.13. The smallest absolute Gasteiger partial charge is 0.151 e. The Hall–Kier alpha value is -1.68. The predicted octanol–water partition coefficient (Wildman–Crippen LogP) is 1.58. The van der Waals surface area contributed by atoms with Gasteiger partial charge in [-0.05, 0) is 17.9 Å². The van der Waals surface area contributed by atoms with Crippen LogP contribution in [0.3, 0.4) is 0 Å². The van der Waals surface area contributed by atoms with Crippen LogP contribution in [0.15, 0.2) is 30.3 Å². The lowest BCUT2D eigenvalue weighted by atomic mass is 9.96. The maximum Gasteiger partial charge on any atom is 0.151 e. The van der Waals surface area contributed by atoms with Crippen LogP contribution in [-0.2, 0) is 25.8 Å². The zero-order chi connectivity index (χ0) is 13.2. The Morgan fingerprint density at radius 2 is 2.05 bits per heavy atom. The molecule has 0 bridgehead atoms. The first kappa shape index (κ1) is 12.4. The Labute approximate surface area is 113 Å². The van der Waals surface area contributed by atoms with Gasteiger partial charge >= 0.3 is 0 Å². The summed E-state index contributed by atoms with van der Waals surface area (Å²) >= 11 is 0. The summed E-state index contributed by atoms with van der Waals surface area (Å²) in [6, 6.07) is 10.7. The van der Waals surface area contributed by atoms with Crippen LogP contribution in [0.1, 0.15) is 24.1 Å². The summed E-state index contributed by atoms with van der Waals surface area (Å²) in [6.07, 6.45) is 2.83. The fourth-order valence-electron chi connectivity index (χ4n) is 2.55. The van der Waals surface area contributed by atoms with Crippen molar-refractivity contribution in [3.63, 3.8) is 0 Å². The molecule has 2 atom stereocenters. The molecule has 3 rings (SSSR count). The van der Waals surface area contributed by atoms with E-state index in [1.807, 2.05) is 10.7 Å². The van der Waals surface area contributed by atoms with Crippen LogP contribution in [0, 0.1) is 5.92 Å². The number of nitrogens with two attached hydrogens (primary N) is 1. The summed E-state index contributed by atoms with van der Waals surface area (Å²) in [5.41, 5.74) is 7.41. The summed E-state index contributed by atoms with van der Waals surface area (Å²) < 4.78 is 1.99. The number of benzene rings is 1. The summed E-state index contributed by atoms with van der Waals surface area (Å²) in [4.78, 5) is 4.65. The molecule has 1 aliphatic rings. The van der Waals surface area contributed by atoms with Gasteiger partial charge in [0.15, 0.2) is 5.82 Å². The molecule has 4 nitrogen and oxygen atoms in total. The molecule has 0 fully saturated rings. The van der Waals surface area contributed by atoms with Crippen molar-refractivity contribution in [3.05, 3.63) is 47.5 Å². The maximum absolute atomic E-state index is 6.08. The van der Waals surface area contributed by atoms with E-state index in [4.69, 9.17) is 5.73 Å². The second-order valence-corrected chi connectivity index (χ2v) is 5.46. The molecule has 2 N–H and O–H groups in total. The van der Waals surface area contributed by atoms with Gasteiger partial charge in [0.25, 0.3) is 0 Å². The average Bonchev–Trinajstić information content (AvgIpc) is 2.80. The van der Waals surface area contributed by atoms with Crippen LogP contribution in [0.5, 0.6) is 0 Å². The second-order valence-electron chi connectivity index (χ2n) is 5.46. The average molecular weight is 256 g/mol. The molecule has 2 heterocycles. The van der Waals surface area contributed by atoms with Crippen molar-refractivity contribution in [2.45, 2.75) is 38.8 Å². The van der Waals surface area contributed by atoms with Crippen LogP contribution in [0.25, 0.3) is 0 Å². The highest BCUT2D eigenvalue weighted by Crippen LogP contribution is 2.17. The number of fused-ring (bicyclic) bond motifs is 1. The number of hydrogen-bond donors (Lipinski definition) is 1. The largest absolute Gasteiger partial charge is 0.326 e. The topological polar surface area (TPSA) is 56.7 Å². The molecule has 0 amide bonds. The lowest BCUT2D eigenvalue weighted by molar-refractivity contribution is 0.330. The summed E-state index contributed by atoms with van der Waals surface area (Å²) in [5.74, 6) is 2.54. The van der Waals surface area contributed by atoms with Gasteiger partial charge in [0.2, 0.25) is 0 Å². The fourth-order valence-corrected chi connectivity index (χ4v) is 2.55. The zero-order valence-corrected chi connectivity index (χ0v) is 11.3. The molecular formula is C15H20N4. The van der Waals surface area contributed by atoms with Gasteiger partial charge < -0.3 is 5.73 Å². The van der Waals surface area contributed by atoms with Gasteiger partial charge in [-0.3, -0.25) is 0 Å². The number of hydrogen-bond acceptors (Lipinski definition) is 3. The van der Waals surface area contributed by atoms with Crippen molar-refractivity contribution in [2.75, 3.05) is 0 Å². The lowest BCUT2D eigenvalue weighted by Gasteiger charge is -2.25. The monoisotopic (exact) mass is 256 g/mol. The molecular weight excluding hydrogens is 236 g/mol. The standard InChI is InChI=1S/C15H20N4/c1-11-9-15-17-14(18-19(15)10-13(11)16)8-7-12-5-3-2-4-6-12/h2-6,11,13H,7-10,16H2,1H3. The van der Waals surface area contributed by atoms with E-state index in [1.54, 1.807) is 0 Å². The SMILES string of the molecule is CC1Cc2nc(CCc3ccccc3)nn2CC1N. The van der Waals surface area contributed by atoms with E-state index in [0.717, 1.165) is 37.5 Å². The van der Waals surface area contributed by atoms with Gasteiger partial charge in [-0.2, -0.15) is 5.10 Å². The Bertz CT molecular complexity index is 519. The molecule has 0 spiro atoms. The number of rotatable bonds is 3. The van der Waals surface area contributed by atoms with E-state index in [9.17, 15) is 0 Å². The number of aryl methyl sites for hydroxylation is 2. The molecule has 1 aromatic heterocycles. The summed E-state index contributed by atoms with van der Waals surface area (Å²) in [5, 5.41) is 4.58.